The third-order valence-electron chi connectivity index (χ3n) is 3.78. The summed E-state index contributed by atoms with van der Waals surface area (Å²) in [6, 6.07) is 5.82. The van der Waals surface area contributed by atoms with E-state index in [1.54, 1.807) is 14.2 Å². The quantitative estimate of drug-likeness (QED) is 0.844. The first-order chi connectivity index (χ1) is 8.54. The zero-order valence-corrected chi connectivity index (χ0v) is 12.0. The van der Waals surface area contributed by atoms with Gasteiger partial charge in [-0.15, -0.1) is 0 Å². The SMILES string of the molecule is CCC(CC)(OC)C(O)c1cc(C)ccc1OC. The topological polar surface area (TPSA) is 38.7 Å². The average molecular weight is 252 g/mol. The number of aliphatic hydroxyl groups excluding tert-OH is 1. The molecule has 0 radical (unpaired) electrons. The Kier molecular flexibility index (Phi) is 5.17. The van der Waals surface area contributed by atoms with E-state index in [2.05, 4.69) is 0 Å². The molecule has 0 fully saturated rings. The number of benzene rings is 1. The van der Waals surface area contributed by atoms with Gasteiger partial charge in [0.05, 0.1) is 12.7 Å². The fourth-order valence-electron chi connectivity index (χ4n) is 2.39. The summed E-state index contributed by atoms with van der Waals surface area (Å²) in [5, 5.41) is 10.7. The van der Waals surface area contributed by atoms with Gasteiger partial charge < -0.3 is 14.6 Å². The van der Waals surface area contributed by atoms with Crippen molar-refractivity contribution in [1.82, 2.24) is 0 Å². The second kappa shape index (κ2) is 6.21. The van der Waals surface area contributed by atoms with Crippen molar-refractivity contribution >= 4 is 0 Å². The van der Waals surface area contributed by atoms with E-state index in [4.69, 9.17) is 9.47 Å². The molecule has 0 saturated carbocycles. The normalized spacial score (nSPS) is 13.4. The van der Waals surface area contributed by atoms with Gasteiger partial charge in [-0.05, 0) is 31.9 Å². The van der Waals surface area contributed by atoms with E-state index < -0.39 is 11.7 Å². The first kappa shape index (κ1) is 15.0. The van der Waals surface area contributed by atoms with Crippen LogP contribution in [0.4, 0.5) is 0 Å². The van der Waals surface area contributed by atoms with Crippen molar-refractivity contribution in [3.8, 4) is 5.75 Å². The number of methoxy groups -OCH3 is 2. The van der Waals surface area contributed by atoms with Crippen molar-refractivity contribution in [2.75, 3.05) is 14.2 Å². The summed E-state index contributed by atoms with van der Waals surface area (Å²) in [4.78, 5) is 0. The summed E-state index contributed by atoms with van der Waals surface area (Å²) in [5.41, 5.74) is 1.34. The molecule has 1 aromatic rings. The van der Waals surface area contributed by atoms with Crippen molar-refractivity contribution in [2.45, 2.75) is 45.3 Å². The number of aryl methyl sites for hydroxylation is 1. The van der Waals surface area contributed by atoms with Gasteiger partial charge in [0.2, 0.25) is 0 Å². The lowest BCUT2D eigenvalue weighted by molar-refractivity contribution is -0.110. The van der Waals surface area contributed by atoms with Gasteiger partial charge in [0.25, 0.3) is 0 Å². The van der Waals surface area contributed by atoms with E-state index in [9.17, 15) is 5.11 Å². The maximum Gasteiger partial charge on any atom is 0.124 e. The fourth-order valence-corrected chi connectivity index (χ4v) is 2.39. The first-order valence-electron chi connectivity index (χ1n) is 6.42. The molecule has 0 aliphatic rings. The lowest BCUT2D eigenvalue weighted by Crippen LogP contribution is -2.37. The van der Waals surface area contributed by atoms with Crippen LogP contribution in [0.15, 0.2) is 18.2 Å². The van der Waals surface area contributed by atoms with E-state index in [0.29, 0.717) is 5.75 Å². The van der Waals surface area contributed by atoms with Crippen LogP contribution in [0.3, 0.4) is 0 Å². The molecule has 1 aromatic carbocycles. The van der Waals surface area contributed by atoms with Crippen LogP contribution in [0.25, 0.3) is 0 Å². The molecule has 0 aliphatic carbocycles. The molecule has 0 aromatic heterocycles. The molecule has 1 atom stereocenters. The molecule has 1 N–H and O–H groups in total. The van der Waals surface area contributed by atoms with Gasteiger partial charge in [-0.1, -0.05) is 25.5 Å². The molecule has 0 amide bonds. The Morgan fingerprint density at radius 3 is 2.28 bits per heavy atom. The number of aliphatic hydroxyl groups is 1. The van der Waals surface area contributed by atoms with Crippen LogP contribution in [-0.2, 0) is 4.74 Å². The summed E-state index contributed by atoms with van der Waals surface area (Å²) in [5.74, 6) is 0.705. The van der Waals surface area contributed by atoms with E-state index in [1.807, 2.05) is 39.0 Å². The molecule has 3 heteroatoms. The summed E-state index contributed by atoms with van der Waals surface area (Å²) < 4.78 is 10.9. The minimum absolute atomic E-state index is 0.554. The van der Waals surface area contributed by atoms with Gasteiger partial charge in [0.15, 0.2) is 0 Å². The third-order valence-corrected chi connectivity index (χ3v) is 3.78. The Morgan fingerprint density at radius 1 is 1.22 bits per heavy atom. The molecule has 18 heavy (non-hydrogen) atoms. The molecule has 1 unspecified atom stereocenters. The lowest BCUT2D eigenvalue weighted by atomic mass is 9.85. The minimum atomic E-state index is -0.688. The molecule has 0 saturated heterocycles. The number of hydrogen-bond donors (Lipinski definition) is 1. The van der Waals surface area contributed by atoms with Crippen LogP contribution in [-0.4, -0.2) is 24.9 Å². The van der Waals surface area contributed by atoms with E-state index in [0.717, 1.165) is 24.0 Å². The van der Waals surface area contributed by atoms with Crippen molar-refractivity contribution < 1.29 is 14.6 Å². The zero-order valence-electron chi connectivity index (χ0n) is 12.0. The number of ether oxygens (including phenoxy) is 2. The molecular formula is C15H24O3. The molecule has 0 heterocycles. The number of hydrogen-bond acceptors (Lipinski definition) is 3. The smallest absolute Gasteiger partial charge is 0.124 e. The molecular weight excluding hydrogens is 228 g/mol. The second-order valence-electron chi connectivity index (χ2n) is 4.62. The van der Waals surface area contributed by atoms with Gasteiger partial charge in [-0.25, -0.2) is 0 Å². The summed E-state index contributed by atoms with van der Waals surface area (Å²) >= 11 is 0. The Morgan fingerprint density at radius 2 is 1.83 bits per heavy atom. The highest BCUT2D eigenvalue weighted by atomic mass is 16.5. The van der Waals surface area contributed by atoms with Crippen molar-refractivity contribution in [1.29, 1.82) is 0 Å². The predicted molar refractivity (Wildman–Crippen MR) is 73.0 cm³/mol. The zero-order chi connectivity index (χ0) is 13.8. The van der Waals surface area contributed by atoms with Crippen molar-refractivity contribution in [3.63, 3.8) is 0 Å². The van der Waals surface area contributed by atoms with Crippen LogP contribution in [0, 0.1) is 6.92 Å². The standard InChI is InChI=1S/C15H24O3/c1-6-15(7-2,18-5)14(16)12-10-11(3)8-9-13(12)17-4/h8-10,14,16H,6-7H2,1-5H3. The Bertz CT molecular complexity index is 375. The number of rotatable bonds is 6. The highest BCUT2D eigenvalue weighted by Crippen LogP contribution is 2.38. The maximum absolute atomic E-state index is 10.7. The van der Waals surface area contributed by atoms with Crippen LogP contribution >= 0.6 is 0 Å². The Labute approximate surface area is 110 Å². The molecule has 0 spiro atoms. The van der Waals surface area contributed by atoms with Crippen LogP contribution < -0.4 is 4.74 Å². The molecule has 0 aliphatic heterocycles. The largest absolute Gasteiger partial charge is 0.496 e. The maximum atomic E-state index is 10.7. The van der Waals surface area contributed by atoms with E-state index in [1.165, 1.54) is 0 Å². The van der Waals surface area contributed by atoms with Crippen molar-refractivity contribution in [2.24, 2.45) is 0 Å². The summed E-state index contributed by atoms with van der Waals surface area (Å²) in [7, 11) is 3.27. The predicted octanol–water partition coefficient (Wildman–Crippen LogP) is 3.24. The van der Waals surface area contributed by atoms with Gasteiger partial charge in [-0.2, -0.15) is 0 Å². The minimum Gasteiger partial charge on any atom is -0.496 e. The van der Waals surface area contributed by atoms with Crippen LogP contribution in [0.2, 0.25) is 0 Å². The Hall–Kier alpha value is -1.06. The first-order valence-corrected chi connectivity index (χ1v) is 6.42. The summed E-state index contributed by atoms with van der Waals surface area (Å²) in [6.45, 7) is 6.05. The highest BCUT2D eigenvalue weighted by molar-refractivity contribution is 5.39. The van der Waals surface area contributed by atoms with Gasteiger partial charge in [-0.3, -0.25) is 0 Å². The molecule has 1 rings (SSSR count). The van der Waals surface area contributed by atoms with E-state index >= 15 is 0 Å². The monoisotopic (exact) mass is 252 g/mol. The van der Waals surface area contributed by atoms with Gasteiger partial charge >= 0.3 is 0 Å². The van der Waals surface area contributed by atoms with Gasteiger partial charge in [0.1, 0.15) is 11.9 Å². The lowest BCUT2D eigenvalue weighted by Gasteiger charge is -2.36. The van der Waals surface area contributed by atoms with Gasteiger partial charge in [0, 0.05) is 12.7 Å². The Balaban J connectivity index is 3.23. The molecule has 102 valence electrons. The summed E-state index contributed by atoms with van der Waals surface area (Å²) in [6.07, 6.45) is 0.809. The fraction of sp³-hybridized carbons (Fsp3) is 0.600. The highest BCUT2D eigenvalue weighted by Gasteiger charge is 2.37. The van der Waals surface area contributed by atoms with Crippen LogP contribution in [0.1, 0.15) is 43.9 Å². The average Bonchev–Trinajstić information content (AvgIpc) is 2.41. The van der Waals surface area contributed by atoms with Crippen LogP contribution in [0.5, 0.6) is 5.75 Å². The second-order valence-corrected chi connectivity index (χ2v) is 4.62. The van der Waals surface area contributed by atoms with Crippen molar-refractivity contribution in [3.05, 3.63) is 29.3 Å². The van der Waals surface area contributed by atoms with E-state index in [-0.39, 0.29) is 0 Å². The third kappa shape index (κ3) is 2.68. The molecule has 0 bridgehead atoms. The molecule has 3 nitrogen and oxygen atoms in total.